The molecule has 0 aliphatic carbocycles. The molecule has 5 heteroatoms. The SMILES string of the molecule is CCOC(=O)[C@]1(Cc2ccccc2)CCN1C(=O)OC(C)(C)C. The molecule has 1 aliphatic heterocycles. The van der Waals surface area contributed by atoms with Crippen molar-refractivity contribution in [2.24, 2.45) is 0 Å². The van der Waals surface area contributed by atoms with Crippen LogP contribution in [0.15, 0.2) is 30.3 Å². The highest BCUT2D eigenvalue weighted by molar-refractivity contribution is 5.88. The van der Waals surface area contributed by atoms with Gasteiger partial charge in [0.1, 0.15) is 11.1 Å². The van der Waals surface area contributed by atoms with E-state index in [-0.39, 0.29) is 12.6 Å². The molecular weight excluding hydrogens is 294 g/mol. The van der Waals surface area contributed by atoms with Crippen LogP contribution in [-0.2, 0) is 20.7 Å². The van der Waals surface area contributed by atoms with Crippen molar-refractivity contribution in [2.45, 2.75) is 51.7 Å². The summed E-state index contributed by atoms with van der Waals surface area (Å²) in [6.45, 7) is 8.00. The molecule has 0 N–H and O–H groups in total. The molecule has 1 aliphatic rings. The Kier molecular flexibility index (Phi) is 4.97. The van der Waals surface area contributed by atoms with Crippen LogP contribution in [0.2, 0.25) is 0 Å². The second kappa shape index (κ2) is 6.60. The van der Waals surface area contributed by atoms with Gasteiger partial charge in [-0.2, -0.15) is 0 Å². The highest BCUT2D eigenvalue weighted by Gasteiger charge is 2.55. The second-order valence-corrected chi connectivity index (χ2v) is 6.80. The van der Waals surface area contributed by atoms with Crippen LogP contribution in [-0.4, -0.2) is 41.3 Å². The van der Waals surface area contributed by atoms with Crippen molar-refractivity contribution in [1.82, 2.24) is 4.90 Å². The Morgan fingerprint density at radius 2 is 1.87 bits per heavy atom. The molecule has 5 nitrogen and oxygen atoms in total. The third-order valence-electron chi connectivity index (χ3n) is 3.87. The van der Waals surface area contributed by atoms with Gasteiger partial charge in [0.25, 0.3) is 0 Å². The molecule has 0 aromatic heterocycles. The highest BCUT2D eigenvalue weighted by atomic mass is 16.6. The number of benzene rings is 1. The van der Waals surface area contributed by atoms with Crippen LogP contribution in [0, 0.1) is 0 Å². The Morgan fingerprint density at radius 1 is 1.22 bits per heavy atom. The fourth-order valence-corrected chi connectivity index (χ4v) is 2.74. The molecule has 1 heterocycles. The summed E-state index contributed by atoms with van der Waals surface area (Å²) in [6.07, 6.45) is 0.555. The topological polar surface area (TPSA) is 55.8 Å². The van der Waals surface area contributed by atoms with Crippen LogP contribution in [0.4, 0.5) is 4.79 Å². The number of carbonyl (C=O) groups is 2. The lowest BCUT2D eigenvalue weighted by Crippen LogP contribution is -2.68. The maximum atomic E-state index is 12.6. The molecular formula is C18H25NO4. The third-order valence-corrected chi connectivity index (χ3v) is 3.87. The van der Waals surface area contributed by atoms with Gasteiger partial charge in [-0.25, -0.2) is 9.59 Å². The number of amides is 1. The van der Waals surface area contributed by atoms with Gasteiger partial charge < -0.3 is 9.47 Å². The quantitative estimate of drug-likeness (QED) is 0.800. The first-order valence-corrected chi connectivity index (χ1v) is 8.00. The zero-order valence-electron chi connectivity index (χ0n) is 14.3. The Bertz CT molecular complexity index is 564. The van der Waals surface area contributed by atoms with Gasteiger partial charge in [0.2, 0.25) is 0 Å². The molecule has 1 saturated heterocycles. The summed E-state index contributed by atoms with van der Waals surface area (Å²) in [6, 6.07) is 9.67. The molecule has 1 amide bonds. The lowest BCUT2D eigenvalue weighted by Gasteiger charge is -2.50. The van der Waals surface area contributed by atoms with E-state index < -0.39 is 17.2 Å². The minimum Gasteiger partial charge on any atom is -0.464 e. The molecule has 2 rings (SSSR count). The maximum Gasteiger partial charge on any atom is 0.411 e. The normalized spacial score (nSPS) is 20.6. The van der Waals surface area contributed by atoms with Crippen molar-refractivity contribution < 1.29 is 19.1 Å². The van der Waals surface area contributed by atoms with E-state index in [1.54, 1.807) is 6.92 Å². The first-order valence-electron chi connectivity index (χ1n) is 8.00. The number of rotatable bonds is 4. The Morgan fingerprint density at radius 3 is 2.35 bits per heavy atom. The van der Waals surface area contributed by atoms with Crippen LogP contribution in [0.1, 0.15) is 39.7 Å². The summed E-state index contributed by atoms with van der Waals surface area (Å²) in [5.74, 6) is -0.360. The maximum absolute atomic E-state index is 12.6. The van der Waals surface area contributed by atoms with Crippen LogP contribution in [0.25, 0.3) is 0 Å². The van der Waals surface area contributed by atoms with Gasteiger partial charge in [0.05, 0.1) is 6.61 Å². The summed E-state index contributed by atoms with van der Waals surface area (Å²) < 4.78 is 10.7. The lowest BCUT2D eigenvalue weighted by molar-refractivity contribution is -0.166. The number of carbonyl (C=O) groups excluding carboxylic acids is 2. The van der Waals surface area contributed by atoms with E-state index in [9.17, 15) is 9.59 Å². The number of likely N-dealkylation sites (tertiary alicyclic amines) is 1. The number of hydrogen-bond donors (Lipinski definition) is 0. The molecule has 1 atom stereocenters. The molecule has 23 heavy (non-hydrogen) atoms. The van der Waals surface area contributed by atoms with E-state index in [0.29, 0.717) is 19.4 Å². The van der Waals surface area contributed by atoms with Crippen molar-refractivity contribution in [3.63, 3.8) is 0 Å². The van der Waals surface area contributed by atoms with Gasteiger partial charge in [0, 0.05) is 13.0 Å². The minimum atomic E-state index is -0.959. The van der Waals surface area contributed by atoms with E-state index in [4.69, 9.17) is 9.47 Å². The standard InChI is InChI=1S/C18H25NO4/c1-5-22-15(20)18(13-14-9-7-6-8-10-14)11-12-19(18)16(21)23-17(2,3)4/h6-10H,5,11-13H2,1-4H3/t18-/m1/s1. The van der Waals surface area contributed by atoms with E-state index in [1.807, 2.05) is 51.1 Å². The van der Waals surface area contributed by atoms with Gasteiger partial charge in [-0.15, -0.1) is 0 Å². The Labute approximate surface area is 137 Å². The van der Waals surface area contributed by atoms with Gasteiger partial charge in [-0.1, -0.05) is 30.3 Å². The van der Waals surface area contributed by atoms with Gasteiger partial charge in [-0.3, -0.25) is 4.90 Å². The highest BCUT2D eigenvalue weighted by Crippen LogP contribution is 2.36. The number of esters is 1. The fraction of sp³-hybridized carbons (Fsp3) is 0.556. The Hall–Kier alpha value is -2.04. The lowest BCUT2D eigenvalue weighted by atomic mass is 9.79. The molecule has 0 unspecified atom stereocenters. The minimum absolute atomic E-state index is 0.289. The van der Waals surface area contributed by atoms with Crippen LogP contribution < -0.4 is 0 Å². The number of nitrogens with zero attached hydrogens (tertiary/aromatic N) is 1. The Balaban J connectivity index is 2.24. The van der Waals surface area contributed by atoms with Crippen molar-refractivity contribution in [3.05, 3.63) is 35.9 Å². The van der Waals surface area contributed by atoms with Crippen LogP contribution in [0.3, 0.4) is 0 Å². The molecule has 0 saturated carbocycles. The fourth-order valence-electron chi connectivity index (χ4n) is 2.74. The molecule has 0 radical (unpaired) electrons. The predicted octanol–water partition coefficient (Wildman–Crippen LogP) is 3.17. The van der Waals surface area contributed by atoms with E-state index in [2.05, 4.69) is 0 Å². The predicted molar refractivity (Wildman–Crippen MR) is 87.1 cm³/mol. The summed E-state index contributed by atoms with van der Waals surface area (Å²) in [5.41, 5.74) is -0.562. The van der Waals surface area contributed by atoms with E-state index in [1.165, 1.54) is 4.90 Å². The second-order valence-electron chi connectivity index (χ2n) is 6.80. The summed E-state index contributed by atoms with van der Waals surface area (Å²) >= 11 is 0. The zero-order chi connectivity index (χ0) is 17.1. The van der Waals surface area contributed by atoms with Gasteiger partial charge in [-0.05, 0) is 39.7 Å². The third kappa shape index (κ3) is 3.84. The summed E-state index contributed by atoms with van der Waals surface area (Å²) in [7, 11) is 0. The first kappa shape index (κ1) is 17.3. The number of hydrogen-bond acceptors (Lipinski definition) is 4. The number of ether oxygens (including phenoxy) is 2. The molecule has 0 spiro atoms. The molecule has 1 fully saturated rings. The summed E-state index contributed by atoms with van der Waals surface area (Å²) in [4.78, 5) is 26.5. The molecule has 1 aromatic rings. The molecule has 0 bridgehead atoms. The van der Waals surface area contributed by atoms with Gasteiger partial charge in [0.15, 0.2) is 0 Å². The van der Waals surface area contributed by atoms with Crippen molar-refractivity contribution in [1.29, 1.82) is 0 Å². The monoisotopic (exact) mass is 319 g/mol. The molecule has 1 aromatic carbocycles. The smallest absolute Gasteiger partial charge is 0.411 e. The van der Waals surface area contributed by atoms with Gasteiger partial charge >= 0.3 is 12.1 Å². The molecule has 126 valence electrons. The van der Waals surface area contributed by atoms with Crippen molar-refractivity contribution in [3.8, 4) is 0 Å². The largest absolute Gasteiger partial charge is 0.464 e. The summed E-state index contributed by atoms with van der Waals surface area (Å²) in [5, 5.41) is 0. The van der Waals surface area contributed by atoms with E-state index >= 15 is 0 Å². The average Bonchev–Trinajstić information content (AvgIpc) is 2.42. The average molecular weight is 319 g/mol. The first-order chi connectivity index (χ1) is 10.8. The van der Waals surface area contributed by atoms with Crippen LogP contribution >= 0.6 is 0 Å². The zero-order valence-corrected chi connectivity index (χ0v) is 14.3. The van der Waals surface area contributed by atoms with Crippen LogP contribution in [0.5, 0.6) is 0 Å². The van der Waals surface area contributed by atoms with Crippen molar-refractivity contribution in [2.75, 3.05) is 13.2 Å². The van der Waals surface area contributed by atoms with Crippen molar-refractivity contribution >= 4 is 12.1 Å². The van der Waals surface area contributed by atoms with E-state index in [0.717, 1.165) is 5.56 Å².